The number of carboxylic acids is 1. The molecule has 0 spiro atoms. The van der Waals surface area contributed by atoms with Crippen LogP contribution in [0.25, 0.3) is 0 Å². The maximum atomic E-state index is 10.2. The van der Waals surface area contributed by atoms with Crippen LogP contribution in [-0.2, 0) is 33.0 Å². The molecule has 0 amide bonds. The summed E-state index contributed by atoms with van der Waals surface area (Å²) in [5.74, 6) is -0.906. The van der Waals surface area contributed by atoms with E-state index in [1.165, 1.54) is 6.26 Å². The Morgan fingerprint density at radius 2 is 1.57 bits per heavy atom. The normalized spacial score (nSPS) is 9.91. The molecular formula is C12H21Cl3O7S. The Hall–Kier alpha value is -0.380. The van der Waals surface area contributed by atoms with Crippen molar-refractivity contribution in [2.45, 2.75) is 33.5 Å². The second-order valence-electron chi connectivity index (χ2n) is 3.18. The van der Waals surface area contributed by atoms with Crippen molar-refractivity contribution in [3.63, 3.8) is 0 Å². The Bertz CT molecular complexity index is 344. The van der Waals surface area contributed by atoms with Crippen molar-refractivity contribution >= 4 is 53.4 Å². The number of rotatable bonds is 9. The van der Waals surface area contributed by atoms with E-state index in [9.17, 15) is 9.59 Å². The van der Waals surface area contributed by atoms with E-state index in [0.29, 0.717) is 19.8 Å². The molecule has 0 rings (SSSR count). The highest BCUT2D eigenvalue weighted by Crippen LogP contribution is 2.00. The number of ether oxygens (including phenoxy) is 3. The molecule has 0 saturated heterocycles. The van der Waals surface area contributed by atoms with Crippen molar-refractivity contribution in [1.29, 1.82) is 0 Å². The summed E-state index contributed by atoms with van der Waals surface area (Å²) in [6.07, 6.45) is 1.74. The number of hydrogen-bond acceptors (Lipinski definition) is 6. The van der Waals surface area contributed by atoms with Crippen LogP contribution in [0.1, 0.15) is 27.2 Å². The molecule has 0 aromatic heterocycles. The van der Waals surface area contributed by atoms with Gasteiger partial charge < -0.3 is 19.3 Å². The highest BCUT2D eigenvalue weighted by atomic mass is 36.0. The minimum absolute atomic E-state index is 0.0956. The first-order valence-electron chi connectivity index (χ1n) is 6.37. The SMILES string of the molecule is CCO/C=C/C(=O)Cl.CCOC(CC(=O)O)OCC.O=S(Cl)Cl. The standard InChI is InChI=1S/C7H14O4.C5H7ClO2.Cl2OS/c1-3-10-7(11-4-2)5-6(8)9;1-2-8-4-3-5(6)7;1-4(2)3/h7H,3-5H2,1-2H3,(H,8,9);3-4H,2H2,1H3;/b;4-3+;. The van der Waals surface area contributed by atoms with Crippen LogP contribution < -0.4 is 0 Å². The third kappa shape index (κ3) is 38.9. The fourth-order valence-electron chi connectivity index (χ4n) is 0.878. The predicted molar refractivity (Wildman–Crippen MR) is 90.8 cm³/mol. The molecule has 0 atom stereocenters. The van der Waals surface area contributed by atoms with Crippen molar-refractivity contribution in [3.8, 4) is 0 Å². The summed E-state index contributed by atoms with van der Waals surface area (Å²) in [5.41, 5.74) is 0. The average molecular weight is 416 g/mol. The van der Waals surface area contributed by atoms with Gasteiger partial charge in [0.05, 0.1) is 19.3 Å². The highest BCUT2D eigenvalue weighted by molar-refractivity contribution is 8.26. The lowest BCUT2D eigenvalue weighted by atomic mass is 10.4. The van der Waals surface area contributed by atoms with Crippen LogP contribution in [0.2, 0.25) is 0 Å². The zero-order valence-corrected chi connectivity index (χ0v) is 16.1. The summed E-state index contributed by atoms with van der Waals surface area (Å²) in [5, 5.41) is 7.86. The summed E-state index contributed by atoms with van der Waals surface area (Å²) in [6, 6.07) is 0. The summed E-state index contributed by atoms with van der Waals surface area (Å²) in [6.45, 7) is 6.92. The second-order valence-corrected chi connectivity index (χ2v) is 6.08. The molecular weight excluding hydrogens is 395 g/mol. The molecule has 23 heavy (non-hydrogen) atoms. The Labute approximate surface area is 152 Å². The van der Waals surface area contributed by atoms with Gasteiger partial charge in [-0.25, -0.2) is 4.21 Å². The Morgan fingerprint density at radius 1 is 1.13 bits per heavy atom. The molecule has 0 radical (unpaired) electrons. The number of aliphatic carboxylic acids is 1. The fourth-order valence-corrected chi connectivity index (χ4v) is 0.930. The van der Waals surface area contributed by atoms with Crippen LogP contribution >= 0.6 is 33.0 Å². The molecule has 0 unspecified atom stereocenters. The molecule has 7 nitrogen and oxygen atoms in total. The lowest BCUT2D eigenvalue weighted by Crippen LogP contribution is -2.21. The van der Waals surface area contributed by atoms with Crippen LogP contribution in [-0.4, -0.2) is 46.6 Å². The first kappa shape index (κ1) is 27.5. The van der Waals surface area contributed by atoms with Gasteiger partial charge in [0.15, 0.2) is 6.29 Å². The van der Waals surface area contributed by atoms with E-state index in [-0.39, 0.29) is 6.42 Å². The van der Waals surface area contributed by atoms with Crippen molar-refractivity contribution in [3.05, 3.63) is 12.3 Å². The molecule has 0 aliphatic heterocycles. The van der Waals surface area contributed by atoms with E-state index in [2.05, 4.69) is 26.1 Å². The van der Waals surface area contributed by atoms with Gasteiger partial charge in [-0.1, -0.05) is 0 Å². The van der Waals surface area contributed by atoms with Crippen LogP contribution in [0.3, 0.4) is 0 Å². The van der Waals surface area contributed by atoms with Gasteiger partial charge in [0.2, 0.25) is 14.5 Å². The Morgan fingerprint density at radius 3 is 1.83 bits per heavy atom. The van der Waals surface area contributed by atoms with E-state index in [4.69, 9.17) is 30.4 Å². The molecule has 0 aromatic carbocycles. The molecule has 138 valence electrons. The van der Waals surface area contributed by atoms with Crippen molar-refractivity contribution in [2.24, 2.45) is 0 Å². The summed E-state index contributed by atoms with van der Waals surface area (Å²) in [4.78, 5) is 20.1. The summed E-state index contributed by atoms with van der Waals surface area (Å²) < 4.78 is 23.7. The number of allylic oxidation sites excluding steroid dienone is 1. The van der Waals surface area contributed by atoms with Crippen LogP contribution in [0.4, 0.5) is 0 Å². The molecule has 0 heterocycles. The van der Waals surface area contributed by atoms with Gasteiger partial charge in [0, 0.05) is 40.7 Å². The van der Waals surface area contributed by atoms with Crippen LogP contribution in [0, 0.1) is 0 Å². The predicted octanol–water partition coefficient (Wildman–Crippen LogP) is 3.20. The molecule has 0 aliphatic rings. The number of carboxylic acid groups (broad SMARTS) is 1. The van der Waals surface area contributed by atoms with Gasteiger partial charge >= 0.3 is 5.97 Å². The van der Waals surface area contributed by atoms with E-state index >= 15 is 0 Å². The number of carbonyl (C=O) groups is 2. The van der Waals surface area contributed by atoms with E-state index < -0.39 is 26.7 Å². The molecule has 0 bridgehead atoms. The minimum atomic E-state index is -1.67. The van der Waals surface area contributed by atoms with Gasteiger partial charge in [-0.15, -0.1) is 0 Å². The smallest absolute Gasteiger partial charge is 0.308 e. The third-order valence-corrected chi connectivity index (χ3v) is 1.63. The maximum absolute atomic E-state index is 10.2. The van der Waals surface area contributed by atoms with Crippen LogP contribution in [0.15, 0.2) is 12.3 Å². The summed E-state index contributed by atoms with van der Waals surface area (Å²) >= 11 is 4.91. The van der Waals surface area contributed by atoms with E-state index in [0.717, 1.165) is 6.08 Å². The maximum Gasteiger partial charge on any atom is 0.308 e. The number of carbonyl (C=O) groups excluding carboxylic acids is 1. The average Bonchev–Trinajstić information content (AvgIpc) is 2.38. The molecule has 0 fully saturated rings. The summed E-state index contributed by atoms with van der Waals surface area (Å²) in [7, 11) is 7.36. The first-order valence-corrected chi connectivity index (χ1v) is 9.55. The van der Waals surface area contributed by atoms with Gasteiger partial charge in [-0.05, 0) is 32.4 Å². The first-order chi connectivity index (χ1) is 10.7. The molecule has 11 heteroatoms. The van der Waals surface area contributed by atoms with Crippen molar-refractivity contribution in [1.82, 2.24) is 0 Å². The number of halogens is 3. The lowest BCUT2D eigenvalue weighted by Gasteiger charge is -2.13. The lowest BCUT2D eigenvalue weighted by molar-refractivity contribution is -0.163. The van der Waals surface area contributed by atoms with Crippen molar-refractivity contribution < 1.29 is 33.1 Å². The second kappa shape index (κ2) is 21.6. The van der Waals surface area contributed by atoms with Gasteiger partial charge in [-0.3, -0.25) is 9.59 Å². The van der Waals surface area contributed by atoms with Gasteiger partial charge in [-0.2, -0.15) is 0 Å². The third-order valence-electron chi connectivity index (χ3n) is 1.51. The fraction of sp³-hybridized carbons (Fsp3) is 0.667. The monoisotopic (exact) mass is 414 g/mol. The molecule has 0 aliphatic carbocycles. The van der Waals surface area contributed by atoms with Crippen LogP contribution in [0.5, 0.6) is 0 Å². The Balaban J connectivity index is -0.000000292. The highest BCUT2D eigenvalue weighted by Gasteiger charge is 2.11. The minimum Gasteiger partial charge on any atom is -0.501 e. The quantitative estimate of drug-likeness (QED) is 0.267. The van der Waals surface area contributed by atoms with Crippen molar-refractivity contribution in [2.75, 3.05) is 19.8 Å². The number of hydrogen-bond donors (Lipinski definition) is 1. The molecule has 0 aromatic rings. The molecule has 0 saturated carbocycles. The topological polar surface area (TPSA) is 99.1 Å². The largest absolute Gasteiger partial charge is 0.501 e. The van der Waals surface area contributed by atoms with E-state index in [1.807, 2.05) is 6.92 Å². The zero-order valence-electron chi connectivity index (χ0n) is 13.0. The zero-order chi connectivity index (χ0) is 18.7. The van der Waals surface area contributed by atoms with Gasteiger partial charge in [0.1, 0.15) is 0 Å². The molecule has 1 N–H and O–H groups in total. The Kier molecular flexibility index (Phi) is 25.8. The van der Waals surface area contributed by atoms with E-state index in [1.54, 1.807) is 13.8 Å². The van der Waals surface area contributed by atoms with Gasteiger partial charge in [0.25, 0.3) is 0 Å².